The van der Waals surface area contributed by atoms with Crippen molar-refractivity contribution in [1.82, 2.24) is 10.2 Å². The molecule has 1 heterocycles. The molecule has 0 bridgehead atoms. The summed E-state index contributed by atoms with van der Waals surface area (Å²) >= 11 is 0. The fraction of sp³-hybridized carbons (Fsp3) is 1.00. The molecular weight excluding hydrogens is 172 g/mol. The summed E-state index contributed by atoms with van der Waals surface area (Å²) in [6.45, 7) is 1.23. The van der Waals surface area contributed by atoms with E-state index in [9.17, 15) is 0 Å². The predicted octanol–water partition coefficient (Wildman–Crippen LogP) is 2.00. The average Bonchev–Trinajstić information content (AvgIpc) is 2.19. The Bertz CT molecular complexity index is 177. The quantitative estimate of drug-likeness (QED) is 0.690. The standard InChI is InChI=1S/C12H24N2/c1-14(2)11-6-9-13-12(10-11)7-4-3-5-8-12/h11,13H,3-10H2,1-2H3. The lowest BCUT2D eigenvalue weighted by Crippen LogP contribution is -2.56. The van der Waals surface area contributed by atoms with Crippen molar-refractivity contribution in [3.8, 4) is 0 Å². The minimum atomic E-state index is 0.519. The van der Waals surface area contributed by atoms with Gasteiger partial charge in [-0.3, -0.25) is 0 Å². The molecule has 2 heteroatoms. The topological polar surface area (TPSA) is 15.3 Å². The zero-order valence-corrected chi connectivity index (χ0v) is 9.68. The lowest BCUT2D eigenvalue weighted by atomic mass is 9.74. The highest BCUT2D eigenvalue weighted by Crippen LogP contribution is 2.35. The first kappa shape index (κ1) is 10.4. The number of nitrogens with one attached hydrogen (secondary N) is 1. The van der Waals surface area contributed by atoms with E-state index in [-0.39, 0.29) is 0 Å². The third-order valence-corrected chi connectivity index (χ3v) is 4.14. The Labute approximate surface area is 88.1 Å². The number of piperidine rings is 1. The van der Waals surface area contributed by atoms with Gasteiger partial charge in [-0.05, 0) is 46.3 Å². The molecule has 1 spiro atoms. The van der Waals surface area contributed by atoms with Crippen molar-refractivity contribution in [1.29, 1.82) is 0 Å². The van der Waals surface area contributed by atoms with Gasteiger partial charge in [-0.1, -0.05) is 19.3 Å². The van der Waals surface area contributed by atoms with Crippen molar-refractivity contribution < 1.29 is 0 Å². The summed E-state index contributed by atoms with van der Waals surface area (Å²) in [5, 5.41) is 3.79. The molecule has 2 aliphatic rings. The third-order valence-electron chi connectivity index (χ3n) is 4.14. The molecule has 1 N–H and O–H groups in total. The number of hydrogen-bond acceptors (Lipinski definition) is 2. The van der Waals surface area contributed by atoms with E-state index in [0.717, 1.165) is 6.04 Å². The summed E-state index contributed by atoms with van der Waals surface area (Å²) < 4.78 is 0. The van der Waals surface area contributed by atoms with Crippen LogP contribution in [0.4, 0.5) is 0 Å². The van der Waals surface area contributed by atoms with Gasteiger partial charge in [0.25, 0.3) is 0 Å². The van der Waals surface area contributed by atoms with Crippen molar-refractivity contribution >= 4 is 0 Å². The Balaban J connectivity index is 1.97. The summed E-state index contributed by atoms with van der Waals surface area (Å²) in [5.74, 6) is 0. The molecule has 0 aromatic rings. The predicted molar refractivity (Wildman–Crippen MR) is 60.5 cm³/mol. The van der Waals surface area contributed by atoms with Gasteiger partial charge in [0.15, 0.2) is 0 Å². The highest BCUT2D eigenvalue weighted by Gasteiger charge is 2.37. The Hall–Kier alpha value is -0.0800. The van der Waals surface area contributed by atoms with Gasteiger partial charge in [-0.2, -0.15) is 0 Å². The molecule has 1 aliphatic heterocycles. The second-order valence-electron chi connectivity index (χ2n) is 5.38. The molecule has 0 radical (unpaired) electrons. The van der Waals surface area contributed by atoms with Crippen LogP contribution < -0.4 is 5.32 Å². The lowest BCUT2D eigenvalue weighted by Gasteiger charge is -2.46. The van der Waals surface area contributed by atoms with E-state index in [1.165, 1.54) is 51.5 Å². The van der Waals surface area contributed by atoms with E-state index in [4.69, 9.17) is 0 Å². The van der Waals surface area contributed by atoms with Crippen LogP contribution in [0.5, 0.6) is 0 Å². The molecule has 0 aromatic carbocycles. The summed E-state index contributed by atoms with van der Waals surface area (Å²) in [6.07, 6.45) is 9.86. The maximum atomic E-state index is 3.79. The maximum Gasteiger partial charge on any atom is 0.0196 e. The summed E-state index contributed by atoms with van der Waals surface area (Å²) in [6, 6.07) is 0.814. The SMILES string of the molecule is CN(C)C1CCNC2(CCCCC2)C1. The van der Waals surface area contributed by atoms with Gasteiger partial charge in [-0.15, -0.1) is 0 Å². The molecule has 14 heavy (non-hydrogen) atoms. The van der Waals surface area contributed by atoms with Crippen LogP contribution in [-0.4, -0.2) is 37.1 Å². The highest BCUT2D eigenvalue weighted by atomic mass is 15.1. The first-order chi connectivity index (χ1) is 6.72. The molecule has 1 aliphatic carbocycles. The van der Waals surface area contributed by atoms with Crippen LogP contribution in [0.25, 0.3) is 0 Å². The first-order valence-electron chi connectivity index (χ1n) is 6.13. The summed E-state index contributed by atoms with van der Waals surface area (Å²) in [7, 11) is 4.46. The zero-order chi connectivity index (χ0) is 10.0. The van der Waals surface area contributed by atoms with Crippen LogP contribution in [0, 0.1) is 0 Å². The summed E-state index contributed by atoms with van der Waals surface area (Å²) in [5.41, 5.74) is 0.519. The van der Waals surface area contributed by atoms with Crippen molar-refractivity contribution in [2.45, 2.75) is 56.5 Å². The third kappa shape index (κ3) is 2.12. The molecule has 1 saturated carbocycles. The Morgan fingerprint density at radius 3 is 2.50 bits per heavy atom. The van der Waals surface area contributed by atoms with E-state index >= 15 is 0 Å². The molecule has 0 aromatic heterocycles. The summed E-state index contributed by atoms with van der Waals surface area (Å²) in [4.78, 5) is 2.41. The average molecular weight is 196 g/mol. The number of nitrogens with zero attached hydrogens (tertiary/aromatic N) is 1. The molecule has 1 unspecified atom stereocenters. The van der Waals surface area contributed by atoms with E-state index in [1.807, 2.05) is 0 Å². The fourth-order valence-electron chi connectivity index (χ4n) is 3.18. The number of hydrogen-bond donors (Lipinski definition) is 1. The van der Waals surface area contributed by atoms with Crippen LogP contribution in [0.1, 0.15) is 44.9 Å². The monoisotopic (exact) mass is 196 g/mol. The molecule has 1 atom stereocenters. The van der Waals surface area contributed by atoms with Crippen LogP contribution in [0.15, 0.2) is 0 Å². The molecule has 2 nitrogen and oxygen atoms in total. The van der Waals surface area contributed by atoms with Crippen LogP contribution in [-0.2, 0) is 0 Å². The second kappa shape index (κ2) is 4.19. The van der Waals surface area contributed by atoms with Gasteiger partial charge in [0.2, 0.25) is 0 Å². The van der Waals surface area contributed by atoms with Gasteiger partial charge in [-0.25, -0.2) is 0 Å². The lowest BCUT2D eigenvalue weighted by molar-refractivity contribution is 0.113. The van der Waals surface area contributed by atoms with Gasteiger partial charge in [0.05, 0.1) is 0 Å². The van der Waals surface area contributed by atoms with Crippen molar-refractivity contribution in [3.63, 3.8) is 0 Å². The van der Waals surface area contributed by atoms with Gasteiger partial charge in [0.1, 0.15) is 0 Å². The van der Waals surface area contributed by atoms with Crippen LogP contribution >= 0.6 is 0 Å². The van der Waals surface area contributed by atoms with Crippen molar-refractivity contribution in [3.05, 3.63) is 0 Å². The second-order valence-corrected chi connectivity index (χ2v) is 5.38. The highest BCUT2D eigenvalue weighted by molar-refractivity contribution is 4.97. The van der Waals surface area contributed by atoms with Gasteiger partial charge >= 0.3 is 0 Å². The van der Waals surface area contributed by atoms with Crippen LogP contribution in [0.2, 0.25) is 0 Å². The smallest absolute Gasteiger partial charge is 0.0196 e. The molecule has 1 saturated heterocycles. The first-order valence-corrected chi connectivity index (χ1v) is 6.13. The molecule has 82 valence electrons. The largest absolute Gasteiger partial charge is 0.311 e. The van der Waals surface area contributed by atoms with E-state index in [1.54, 1.807) is 0 Å². The Kier molecular flexibility index (Phi) is 3.13. The van der Waals surface area contributed by atoms with E-state index in [0.29, 0.717) is 5.54 Å². The van der Waals surface area contributed by atoms with Gasteiger partial charge in [0, 0.05) is 11.6 Å². The Morgan fingerprint density at radius 2 is 1.86 bits per heavy atom. The van der Waals surface area contributed by atoms with Crippen molar-refractivity contribution in [2.24, 2.45) is 0 Å². The van der Waals surface area contributed by atoms with E-state index in [2.05, 4.69) is 24.3 Å². The molecule has 2 fully saturated rings. The fourth-order valence-corrected chi connectivity index (χ4v) is 3.18. The minimum absolute atomic E-state index is 0.519. The maximum absolute atomic E-state index is 3.79. The minimum Gasteiger partial charge on any atom is -0.311 e. The number of rotatable bonds is 1. The normalized spacial score (nSPS) is 32.4. The molecular formula is C12H24N2. The van der Waals surface area contributed by atoms with Crippen molar-refractivity contribution in [2.75, 3.05) is 20.6 Å². The zero-order valence-electron chi connectivity index (χ0n) is 9.68. The molecule has 0 amide bonds. The Morgan fingerprint density at radius 1 is 1.14 bits per heavy atom. The van der Waals surface area contributed by atoms with E-state index < -0.39 is 0 Å². The van der Waals surface area contributed by atoms with Crippen LogP contribution in [0.3, 0.4) is 0 Å². The molecule has 2 rings (SSSR count). The van der Waals surface area contributed by atoms with Gasteiger partial charge < -0.3 is 10.2 Å².